The normalized spacial score (nSPS) is 21.2. The van der Waals surface area contributed by atoms with E-state index in [2.05, 4.69) is 101 Å². The van der Waals surface area contributed by atoms with Crippen molar-refractivity contribution in [2.24, 2.45) is 0 Å². The topological polar surface area (TPSA) is 6.48 Å². The van der Waals surface area contributed by atoms with Gasteiger partial charge in [0.2, 0.25) is 0 Å². The smallest absolute Gasteiger partial charge is 0.181 e. The summed E-state index contributed by atoms with van der Waals surface area (Å²) >= 11 is 0. The zero-order valence-electron chi connectivity index (χ0n) is 11.8. The van der Waals surface area contributed by atoms with Gasteiger partial charge in [0, 0.05) is 16.4 Å². The molecule has 0 rings (SSSR count). The molecule has 19 heavy (non-hydrogen) atoms. The third-order valence-electron chi connectivity index (χ3n) is 2.51. The van der Waals surface area contributed by atoms with Crippen molar-refractivity contribution in [3.05, 3.63) is 0 Å². The molecule has 6 nitrogen and oxygen atoms in total. The number of nitrogens with zero attached hydrogens (tertiary/aromatic N) is 6. The summed E-state index contributed by atoms with van der Waals surface area (Å²) in [4.78, 5) is 2.06. The van der Waals surface area contributed by atoms with Gasteiger partial charge in [-0.2, -0.15) is 8.91 Å². The third-order valence-corrected chi connectivity index (χ3v) is 11.7. The Hall–Kier alpha value is 3.63. The van der Waals surface area contributed by atoms with Crippen molar-refractivity contribution in [1.82, 2.24) is 9.67 Å². The van der Waals surface area contributed by atoms with Gasteiger partial charge in [-0.1, -0.05) is 9.02 Å². The first kappa shape index (κ1) is 22.6. The Morgan fingerprint density at radius 1 is 0.842 bits per heavy atom. The highest BCUT2D eigenvalue weighted by Gasteiger charge is 2.54. The van der Waals surface area contributed by atoms with Gasteiger partial charge in [-0.25, -0.2) is 0 Å². The predicted molar refractivity (Wildman–Crippen MR) is 114 cm³/mol. The zero-order chi connectivity index (χ0) is 15.9. The van der Waals surface area contributed by atoms with Crippen LogP contribution in [-0.4, -0.2) is 54.5 Å². The number of rotatable bonds is 6. The van der Waals surface area contributed by atoms with Gasteiger partial charge >= 0.3 is 8.88 Å². The molecule has 0 bridgehead atoms. The quantitative estimate of drug-likeness (QED) is 0.460. The first-order chi connectivity index (χ1) is 8.06. The van der Waals surface area contributed by atoms with Crippen LogP contribution in [0, 0.1) is 0 Å². The summed E-state index contributed by atoms with van der Waals surface area (Å²) in [7, 11) is 31.6. The molecule has 0 N–H and O–H groups in total. The zero-order valence-corrected chi connectivity index (χ0v) is 22.0. The van der Waals surface area contributed by atoms with Gasteiger partial charge < -0.3 is 0 Å². The van der Waals surface area contributed by atoms with Crippen LogP contribution in [-0.2, 0) is 0 Å². The Bertz CT molecular complexity index is 312. The molecule has 0 saturated carbocycles. The van der Waals surface area contributed by atoms with Crippen LogP contribution in [0.25, 0.3) is 0 Å². The van der Waals surface area contributed by atoms with Crippen LogP contribution >= 0.6 is 84.0 Å². The summed E-state index contributed by atoms with van der Waals surface area (Å²) in [5, 5.41) is 0. The summed E-state index contributed by atoms with van der Waals surface area (Å²) in [5.74, 6) is 0. The van der Waals surface area contributed by atoms with Crippen LogP contribution in [0.1, 0.15) is 0 Å². The molecule has 0 aromatic rings. The van der Waals surface area contributed by atoms with Gasteiger partial charge in [0.1, 0.15) is 51.7 Å². The lowest BCUT2D eigenvalue weighted by Crippen LogP contribution is -2.60. The maximum atomic E-state index is 2.94. The van der Waals surface area contributed by atoms with Gasteiger partial charge in [-0.3, -0.25) is 0 Å². The second-order valence-electron chi connectivity index (χ2n) is 4.84. The van der Waals surface area contributed by atoms with Crippen molar-refractivity contribution in [3.63, 3.8) is 0 Å². The number of hydrogen-bond donors (Lipinski definition) is 0. The van der Waals surface area contributed by atoms with Crippen LogP contribution < -0.4 is 0 Å². The SMILES string of the molecule is CN(P)N(P)[N+](C)(P)P[N+](C)(P)[N+](P)(P)[N+](C)(P)P. The molecular formula is C4H29N6P9+4. The molecule has 0 aliphatic carbocycles. The Morgan fingerprint density at radius 3 is 1.47 bits per heavy atom. The molecule has 15 heteroatoms. The van der Waals surface area contributed by atoms with E-state index in [0.29, 0.717) is 25.5 Å². The first-order valence-corrected chi connectivity index (χ1v) is 10.1. The summed E-state index contributed by atoms with van der Waals surface area (Å²) in [5.41, 5.74) is 0. The standard InChI is InChI=1S/C4H29N6P9/c1-5(11)6(12)7(2,13)19-9(4,16)10(17,18)8(3,14)15/h19H,11-18H2,1-4H3/q+4. The highest BCUT2D eigenvalue weighted by atomic mass is 31.2. The van der Waals surface area contributed by atoms with E-state index in [4.69, 9.17) is 0 Å². The molecule has 0 heterocycles. The average molecular weight is 440 g/mol. The van der Waals surface area contributed by atoms with E-state index in [1.165, 1.54) is 0 Å². The molecule has 0 aromatic carbocycles. The van der Waals surface area contributed by atoms with Crippen molar-refractivity contribution >= 4 is 84.0 Å². The lowest BCUT2D eigenvalue weighted by Gasteiger charge is -2.49. The lowest BCUT2D eigenvalue weighted by molar-refractivity contribution is -1.52. The minimum atomic E-state index is 0.523. The van der Waals surface area contributed by atoms with E-state index in [1.807, 2.05) is 11.8 Å². The molecule has 0 radical (unpaired) electrons. The van der Waals surface area contributed by atoms with E-state index in [0.717, 1.165) is 0 Å². The largest absolute Gasteiger partial charge is 0.386 e. The number of quaternary nitrogens is 4. The Morgan fingerprint density at radius 2 is 1.21 bits per heavy atom. The van der Waals surface area contributed by atoms with E-state index < -0.39 is 0 Å². The van der Waals surface area contributed by atoms with Crippen molar-refractivity contribution in [3.8, 4) is 0 Å². The fourth-order valence-corrected chi connectivity index (χ4v) is 6.57. The van der Waals surface area contributed by atoms with Crippen molar-refractivity contribution in [1.29, 1.82) is 0 Å². The molecule has 0 amide bonds. The molecule has 0 aliphatic rings. The van der Waals surface area contributed by atoms with Gasteiger partial charge in [0.15, 0.2) is 18.8 Å². The lowest BCUT2D eigenvalue weighted by atomic mass is 11.4. The fraction of sp³-hybridized carbons (Fsp3) is 1.00. The summed E-state index contributed by atoms with van der Waals surface area (Å²) in [6, 6.07) is 0. The molecule has 116 valence electrons. The van der Waals surface area contributed by atoms with Crippen molar-refractivity contribution in [2.45, 2.75) is 0 Å². The Kier molecular flexibility index (Phi) is 9.14. The van der Waals surface area contributed by atoms with E-state index in [-0.39, 0.29) is 0 Å². The molecule has 0 fully saturated rings. The van der Waals surface area contributed by atoms with Crippen LogP contribution in [0.15, 0.2) is 0 Å². The molecule has 11 atom stereocenters. The van der Waals surface area contributed by atoms with E-state index in [9.17, 15) is 0 Å². The summed E-state index contributed by atoms with van der Waals surface area (Å²) < 4.78 is 4.43. The highest BCUT2D eigenvalue weighted by Crippen LogP contribution is 2.59. The average Bonchev–Trinajstić information content (AvgIpc) is 2.12. The van der Waals surface area contributed by atoms with Crippen LogP contribution in [0.4, 0.5) is 0 Å². The summed E-state index contributed by atoms with van der Waals surface area (Å²) in [6.07, 6.45) is 0. The molecule has 11 unspecified atom stereocenters. The monoisotopic (exact) mass is 440 g/mol. The van der Waals surface area contributed by atoms with Crippen LogP contribution in [0.5, 0.6) is 0 Å². The van der Waals surface area contributed by atoms with Gasteiger partial charge in [0.05, 0.1) is 7.05 Å². The molecule has 0 aromatic heterocycles. The van der Waals surface area contributed by atoms with Crippen LogP contribution in [0.2, 0.25) is 0 Å². The third kappa shape index (κ3) is 5.89. The molecule has 0 spiro atoms. The minimum Gasteiger partial charge on any atom is -0.181 e. The van der Waals surface area contributed by atoms with Crippen molar-refractivity contribution < 1.29 is 16.6 Å². The van der Waals surface area contributed by atoms with Crippen molar-refractivity contribution in [2.75, 3.05) is 28.2 Å². The highest BCUT2D eigenvalue weighted by molar-refractivity contribution is 7.39. The second-order valence-corrected chi connectivity index (χ2v) is 15.9. The van der Waals surface area contributed by atoms with E-state index in [1.54, 1.807) is 0 Å². The van der Waals surface area contributed by atoms with Gasteiger partial charge in [-0.05, 0) is 13.6 Å². The minimum absolute atomic E-state index is 0.523. The second kappa shape index (κ2) is 7.68. The Balaban J connectivity index is 5.27. The maximum absolute atomic E-state index is 2.94. The van der Waals surface area contributed by atoms with E-state index >= 15 is 0 Å². The molecule has 0 saturated heterocycles. The number of hydrazine groups is 1. The van der Waals surface area contributed by atoms with Gasteiger partial charge in [0.25, 0.3) is 0 Å². The number of hydrogen-bond acceptors (Lipinski definition) is 2. The maximum Gasteiger partial charge on any atom is 0.386 e. The Labute approximate surface area is 138 Å². The molecule has 0 aliphatic heterocycles. The fourth-order valence-electron chi connectivity index (χ4n) is 1.22. The van der Waals surface area contributed by atoms with Crippen LogP contribution in [0.3, 0.4) is 0 Å². The predicted octanol–water partition coefficient (Wildman–Crippen LogP) is 1.87. The molecular weight excluding hydrogens is 411 g/mol. The summed E-state index contributed by atoms with van der Waals surface area (Å²) in [6.45, 7) is 0. The first-order valence-electron chi connectivity index (χ1n) is 5.10. The van der Waals surface area contributed by atoms with Gasteiger partial charge in [-0.15, -0.1) is 4.13 Å².